The van der Waals surface area contributed by atoms with Crippen molar-refractivity contribution in [1.29, 1.82) is 0 Å². The van der Waals surface area contributed by atoms with Crippen LogP contribution in [0.4, 0.5) is 19.0 Å². The summed E-state index contributed by atoms with van der Waals surface area (Å²) in [5, 5.41) is 15.9. The highest BCUT2D eigenvalue weighted by Gasteiger charge is 2.46. The van der Waals surface area contributed by atoms with Crippen LogP contribution >= 0.6 is 0 Å². The summed E-state index contributed by atoms with van der Waals surface area (Å²) in [6.45, 7) is 3.16. The van der Waals surface area contributed by atoms with Crippen LogP contribution < -0.4 is 15.0 Å². The van der Waals surface area contributed by atoms with Gasteiger partial charge in [-0.2, -0.15) is 9.97 Å². The number of fused-ring (bicyclic) bond motifs is 4. The van der Waals surface area contributed by atoms with E-state index in [0.717, 1.165) is 38.8 Å². The number of phenolic OH excluding ortho intramolecular Hbond substituents is 1. The topological polar surface area (TPSA) is 86.6 Å². The lowest BCUT2D eigenvalue weighted by atomic mass is 9.96. The summed E-state index contributed by atoms with van der Waals surface area (Å²) >= 11 is 0. The van der Waals surface area contributed by atoms with Crippen LogP contribution in [0.2, 0.25) is 0 Å². The van der Waals surface area contributed by atoms with E-state index in [1.807, 2.05) is 6.07 Å². The lowest BCUT2D eigenvalue weighted by Gasteiger charge is -2.34. The molecule has 5 heterocycles. The SMILES string of the molecule is C#Cc1cccc2cc(O)cc(-c3ncc4c(N5CC6CCC(C5)N6)nc(OCC5(CN6CCC(F)(F)CC6)CC5)nc4c3F)c12. The second kappa shape index (κ2) is 11.0. The predicted octanol–water partition coefficient (Wildman–Crippen LogP) is 5.50. The molecule has 2 atom stereocenters. The minimum Gasteiger partial charge on any atom is -0.508 e. The molecule has 4 aliphatic rings. The minimum absolute atomic E-state index is 0.0210. The number of anilines is 1. The van der Waals surface area contributed by atoms with Gasteiger partial charge in [0.1, 0.15) is 22.8 Å². The molecule has 238 valence electrons. The molecule has 3 aliphatic heterocycles. The molecule has 11 heteroatoms. The Kier molecular flexibility index (Phi) is 6.99. The highest BCUT2D eigenvalue weighted by molar-refractivity contribution is 6.02. The third-order valence-corrected chi connectivity index (χ3v) is 10.1. The monoisotopic (exact) mass is 628 g/mol. The number of aromatic nitrogens is 3. The standard InChI is InChI=1S/C35H35F3N6O2/c1-2-21-4-3-5-22-14-25(45)15-26(28(21)22)30-29(36)31-27(16-39-30)32(44-17-23-6-7-24(18-44)40-23)42-33(41-31)46-20-34(8-9-34)19-43-12-10-35(37,38)11-13-43/h1,3-5,14-16,23-24,40,45H,6-13,17-20H2. The molecule has 0 amide bonds. The highest BCUT2D eigenvalue weighted by atomic mass is 19.3. The average Bonchev–Trinajstić information content (AvgIpc) is 3.73. The first-order valence-corrected chi connectivity index (χ1v) is 16.0. The summed E-state index contributed by atoms with van der Waals surface area (Å²) in [5.74, 6) is -0.0333. The van der Waals surface area contributed by atoms with Crippen molar-refractivity contribution in [1.82, 2.24) is 25.2 Å². The van der Waals surface area contributed by atoms with E-state index in [1.54, 1.807) is 24.4 Å². The number of nitrogens with zero attached hydrogens (tertiary/aromatic N) is 5. The zero-order chi connectivity index (χ0) is 31.6. The predicted molar refractivity (Wildman–Crippen MR) is 170 cm³/mol. The molecule has 2 aromatic carbocycles. The van der Waals surface area contributed by atoms with Crippen LogP contribution in [0.5, 0.6) is 11.8 Å². The van der Waals surface area contributed by atoms with Crippen LogP contribution in [-0.4, -0.2) is 82.3 Å². The number of halogens is 3. The third-order valence-electron chi connectivity index (χ3n) is 10.1. The molecule has 4 fully saturated rings. The molecule has 2 aromatic heterocycles. The number of hydrogen-bond donors (Lipinski definition) is 2. The Hall–Kier alpha value is -4.14. The van der Waals surface area contributed by atoms with E-state index in [1.165, 1.54) is 6.07 Å². The fourth-order valence-electron chi connectivity index (χ4n) is 7.46. The van der Waals surface area contributed by atoms with Crippen LogP contribution in [0.15, 0.2) is 36.5 Å². The number of alkyl halides is 2. The first kappa shape index (κ1) is 29.3. The first-order chi connectivity index (χ1) is 22.2. The van der Waals surface area contributed by atoms with E-state index in [0.29, 0.717) is 71.4 Å². The molecule has 1 aliphatic carbocycles. The number of hydrogen-bond acceptors (Lipinski definition) is 8. The van der Waals surface area contributed by atoms with Crippen molar-refractivity contribution < 1.29 is 23.0 Å². The summed E-state index contributed by atoms with van der Waals surface area (Å²) in [7, 11) is 0. The number of pyridine rings is 1. The van der Waals surface area contributed by atoms with Crippen LogP contribution in [0, 0.1) is 23.6 Å². The fourth-order valence-corrected chi connectivity index (χ4v) is 7.46. The molecule has 2 bridgehead atoms. The molecular weight excluding hydrogens is 593 g/mol. The van der Waals surface area contributed by atoms with Crippen molar-refractivity contribution in [3.63, 3.8) is 0 Å². The Bertz CT molecular complexity index is 1870. The molecule has 3 saturated heterocycles. The van der Waals surface area contributed by atoms with Gasteiger partial charge in [-0.1, -0.05) is 18.1 Å². The van der Waals surface area contributed by atoms with E-state index in [2.05, 4.69) is 31.0 Å². The first-order valence-electron chi connectivity index (χ1n) is 16.0. The Morgan fingerprint density at radius 3 is 2.54 bits per heavy atom. The van der Waals surface area contributed by atoms with Gasteiger partial charge in [-0.3, -0.25) is 4.98 Å². The van der Waals surface area contributed by atoms with Gasteiger partial charge >= 0.3 is 6.01 Å². The Labute approximate surface area is 265 Å². The molecule has 46 heavy (non-hydrogen) atoms. The maximum absolute atomic E-state index is 16.8. The van der Waals surface area contributed by atoms with Crippen molar-refractivity contribution in [2.75, 3.05) is 44.2 Å². The molecule has 8 rings (SSSR count). The minimum atomic E-state index is -2.59. The summed E-state index contributed by atoms with van der Waals surface area (Å²) in [5.41, 5.74) is 0.869. The molecule has 4 aromatic rings. The lowest BCUT2D eigenvalue weighted by Crippen LogP contribution is -2.51. The number of ether oxygens (including phenoxy) is 1. The highest BCUT2D eigenvalue weighted by Crippen LogP contribution is 2.47. The van der Waals surface area contributed by atoms with Gasteiger partial charge < -0.3 is 25.0 Å². The van der Waals surface area contributed by atoms with E-state index in [-0.39, 0.29) is 41.2 Å². The summed E-state index contributed by atoms with van der Waals surface area (Å²) < 4.78 is 50.5. The quantitative estimate of drug-likeness (QED) is 0.260. The van der Waals surface area contributed by atoms with Gasteiger partial charge in [0.15, 0.2) is 5.82 Å². The number of terminal acetylenes is 1. The number of rotatable bonds is 7. The summed E-state index contributed by atoms with van der Waals surface area (Å²) in [4.78, 5) is 18.3. The number of benzene rings is 2. The second-order valence-corrected chi connectivity index (χ2v) is 13.5. The fraction of sp³-hybridized carbons (Fsp3) is 0.457. The number of aromatic hydroxyl groups is 1. The van der Waals surface area contributed by atoms with Crippen molar-refractivity contribution >= 4 is 27.5 Å². The van der Waals surface area contributed by atoms with Crippen molar-refractivity contribution in [3.8, 4) is 35.4 Å². The molecule has 8 nitrogen and oxygen atoms in total. The van der Waals surface area contributed by atoms with Gasteiger partial charge in [0.25, 0.3) is 5.92 Å². The number of likely N-dealkylation sites (tertiary alicyclic amines) is 1. The Morgan fingerprint density at radius 1 is 1.07 bits per heavy atom. The van der Waals surface area contributed by atoms with E-state index in [4.69, 9.17) is 16.1 Å². The van der Waals surface area contributed by atoms with Crippen LogP contribution in [0.25, 0.3) is 32.9 Å². The number of piperidine rings is 1. The van der Waals surface area contributed by atoms with Gasteiger partial charge in [-0.15, -0.1) is 6.42 Å². The molecule has 2 N–H and O–H groups in total. The Morgan fingerprint density at radius 2 is 1.83 bits per heavy atom. The zero-order valence-electron chi connectivity index (χ0n) is 25.4. The maximum atomic E-state index is 16.8. The second-order valence-electron chi connectivity index (χ2n) is 13.5. The molecule has 1 saturated carbocycles. The van der Waals surface area contributed by atoms with Crippen molar-refractivity contribution in [2.45, 2.75) is 56.5 Å². The zero-order valence-corrected chi connectivity index (χ0v) is 25.4. The van der Waals surface area contributed by atoms with E-state index >= 15 is 4.39 Å². The van der Waals surface area contributed by atoms with Gasteiger partial charge in [-0.25, -0.2) is 13.2 Å². The van der Waals surface area contributed by atoms with Crippen LogP contribution in [0.1, 0.15) is 44.1 Å². The number of piperazine rings is 1. The number of phenols is 1. The van der Waals surface area contributed by atoms with Gasteiger partial charge in [0, 0.05) is 85.8 Å². The molecule has 2 unspecified atom stereocenters. The van der Waals surface area contributed by atoms with Gasteiger partial charge in [-0.05, 0) is 49.3 Å². The lowest BCUT2D eigenvalue weighted by molar-refractivity contribution is -0.0591. The summed E-state index contributed by atoms with van der Waals surface area (Å²) in [6, 6.07) is 9.15. The van der Waals surface area contributed by atoms with Gasteiger partial charge in [0.05, 0.1) is 12.0 Å². The van der Waals surface area contributed by atoms with E-state index in [9.17, 15) is 13.9 Å². The normalized spacial score (nSPS) is 23.5. The molecule has 0 spiro atoms. The third kappa shape index (κ3) is 5.37. The van der Waals surface area contributed by atoms with Crippen molar-refractivity contribution in [2.24, 2.45) is 5.41 Å². The smallest absolute Gasteiger partial charge is 0.319 e. The largest absolute Gasteiger partial charge is 0.508 e. The van der Waals surface area contributed by atoms with Gasteiger partial charge in [0.2, 0.25) is 0 Å². The maximum Gasteiger partial charge on any atom is 0.319 e. The number of nitrogens with one attached hydrogen (secondary N) is 1. The Balaban J connectivity index is 1.18. The van der Waals surface area contributed by atoms with Crippen LogP contribution in [-0.2, 0) is 0 Å². The van der Waals surface area contributed by atoms with Crippen LogP contribution in [0.3, 0.4) is 0 Å². The van der Waals surface area contributed by atoms with Crippen molar-refractivity contribution in [3.05, 3.63) is 47.9 Å². The molecular formula is C35H35F3N6O2. The molecule has 0 radical (unpaired) electrons. The van der Waals surface area contributed by atoms with E-state index < -0.39 is 11.7 Å². The summed E-state index contributed by atoms with van der Waals surface area (Å²) in [6.07, 6.45) is 11.1. The average molecular weight is 629 g/mol.